The molecular formula is C21H19N3O4S. The first kappa shape index (κ1) is 20.1. The van der Waals surface area contributed by atoms with E-state index in [9.17, 15) is 13.2 Å². The first-order chi connectivity index (χ1) is 14.0. The van der Waals surface area contributed by atoms with E-state index in [0.717, 1.165) is 5.56 Å². The number of hydrogen-bond donors (Lipinski definition) is 2. The van der Waals surface area contributed by atoms with Crippen molar-refractivity contribution in [2.45, 2.75) is 4.90 Å². The van der Waals surface area contributed by atoms with Crippen LogP contribution in [-0.4, -0.2) is 27.6 Å². The third-order valence-corrected chi connectivity index (χ3v) is 5.31. The normalized spacial score (nSPS) is 11.2. The molecule has 0 saturated heterocycles. The Hall–Kier alpha value is -3.65. The summed E-state index contributed by atoms with van der Waals surface area (Å²) in [6, 6.07) is 21.5. The Bertz CT molecular complexity index is 1110. The van der Waals surface area contributed by atoms with Crippen molar-refractivity contribution in [3.8, 4) is 5.75 Å². The van der Waals surface area contributed by atoms with Crippen LogP contribution in [0.15, 0.2) is 88.9 Å². The number of carbonyl (C=O) groups excluding carboxylic acids is 1. The standard InChI is InChI=1S/C21H19N3O4S/c1-28-19-12-10-18(11-13-19)24-29(26,27)20-9-5-8-17(14-20)21(25)23-22-15-16-6-3-2-4-7-16/h2-15,24H,1H3,(H,23,25)/b22-15+. The topological polar surface area (TPSA) is 96.9 Å². The molecule has 3 aromatic carbocycles. The maximum atomic E-state index is 12.6. The molecule has 0 unspecified atom stereocenters. The van der Waals surface area contributed by atoms with E-state index in [1.165, 1.54) is 37.6 Å². The Labute approximate surface area is 169 Å². The Balaban J connectivity index is 1.71. The molecule has 7 nitrogen and oxygen atoms in total. The number of amides is 1. The quantitative estimate of drug-likeness (QED) is 0.462. The number of benzene rings is 3. The molecule has 0 fully saturated rings. The second-order valence-corrected chi connectivity index (χ2v) is 7.65. The Morgan fingerprint density at radius 2 is 1.69 bits per heavy atom. The van der Waals surface area contributed by atoms with Crippen molar-refractivity contribution in [2.75, 3.05) is 11.8 Å². The van der Waals surface area contributed by atoms with Crippen LogP contribution >= 0.6 is 0 Å². The van der Waals surface area contributed by atoms with Crippen molar-refractivity contribution in [2.24, 2.45) is 5.10 Å². The molecule has 148 valence electrons. The fraction of sp³-hybridized carbons (Fsp3) is 0.0476. The fourth-order valence-corrected chi connectivity index (χ4v) is 3.55. The summed E-state index contributed by atoms with van der Waals surface area (Å²) in [4.78, 5) is 12.3. The molecule has 0 aliphatic carbocycles. The molecule has 0 heterocycles. The lowest BCUT2D eigenvalue weighted by molar-refractivity contribution is 0.0955. The number of hydrogen-bond acceptors (Lipinski definition) is 5. The van der Waals surface area contributed by atoms with Crippen LogP contribution in [-0.2, 0) is 10.0 Å². The predicted octanol–water partition coefficient (Wildman–Crippen LogP) is 3.26. The molecule has 1 amide bonds. The maximum Gasteiger partial charge on any atom is 0.271 e. The van der Waals surface area contributed by atoms with Crippen molar-refractivity contribution in [3.05, 3.63) is 90.0 Å². The van der Waals surface area contributed by atoms with Gasteiger partial charge >= 0.3 is 0 Å². The number of methoxy groups -OCH3 is 1. The van der Waals surface area contributed by atoms with Crippen molar-refractivity contribution in [1.82, 2.24) is 5.43 Å². The Morgan fingerprint density at radius 3 is 2.38 bits per heavy atom. The van der Waals surface area contributed by atoms with Crippen molar-refractivity contribution in [3.63, 3.8) is 0 Å². The first-order valence-electron chi connectivity index (χ1n) is 8.63. The van der Waals surface area contributed by atoms with Crippen LogP contribution in [0.4, 0.5) is 5.69 Å². The lowest BCUT2D eigenvalue weighted by atomic mass is 10.2. The minimum absolute atomic E-state index is 0.0343. The molecule has 2 N–H and O–H groups in total. The molecule has 3 rings (SSSR count). The van der Waals surface area contributed by atoms with Gasteiger partial charge in [0.1, 0.15) is 5.75 Å². The zero-order valence-corrected chi connectivity index (χ0v) is 16.4. The van der Waals surface area contributed by atoms with E-state index in [2.05, 4.69) is 15.2 Å². The lowest BCUT2D eigenvalue weighted by Crippen LogP contribution is -2.19. The number of carbonyl (C=O) groups is 1. The van der Waals surface area contributed by atoms with Gasteiger partial charge in [0.2, 0.25) is 0 Å². The molecule has 0 aliphatic heterocycles. The number of sulfonamides is 1. The van der Waals surface area contributed by atoms with Gasteiger partial charge in [0.25, 0.3) is 15.9 Å². The van der Waals surface area contributed by atoms with Crippen LogP contribution in [0, 0.1) is 0 Å². The summed E-state index contributed by atoms with van der Waals surface area (Å²) in [7, 11) is -2.33. The molecule has 0 saturated carbocycles. The molecule has 8 heteroatoms. The molecule has 29 heavy (non-hydrogen) atoms. The van der Waals surface area contributed by atoms with Crippen LogP contribution in [0.3, 0.4) is 0 Å². The summed E-state index contributed by atoms with van der Waals surface area (Å²) in [5, 5.41) is 3.89. The highest BCUT2D eigenvalue weighted by atomic mass is 32.2. The molecule has 0 spiro atoms. The van der Waals surface area contributed by atoms with Gasteiger partial charge in [-0.3, -0.25) is 9.52 Å². The van der Waals surface area contributed by atoms with E-state index in [4.69, 9.17) is 4.74 Å². The van der Waals surface area contributed by atoms with Gasteiger partial charge in [-0.05, 0) is 48.0 Å². The van der Waals surface area contributed by atoms with Crippen molar-refractivity contribution in [1.29, 1.82) is 0 Å². The van der Waals surface area contributed by atoms with Crippen LogP contribution in [0.5, 0.6) is 5.75 Å². The first-order valence-corrected chi connectivity index (χ1v) is 10.1. The number of ether oxygens (including phenoxy) is 1. The summed E-state index contributed by atoms with van der Waals surface area (Å²) >= 11 is 0. The minimum Gasteiger partial charge on any atom is -0.497 e. The molecule has 0 radical (unpaired) electrons. The van der Waals surface area contributed by atoms with Gasteiger partial charge in [-0.1, -0.05) is 36.4 Å². The smallest absolute Gasteiger partial charge is 0.271 e. The number of nitrogens with one attached hydrogen (secondary N) is 2. The van der Waals surface area contributed by atoms with Gasteiger partial charge in [0, 0.05) is 11.3 Å². The molecule has 0 atom stereocenters. The molecule has 0 bridgehead atoms. The third kappa shape index (κ3) is 5.43. The van der Waals surface area contributed by atoms with Gasteiger partial charge in [-0.2, -0.15) is 5.10 Å². The zero-order valence-electron chi connectivity index (χ0n) is 15.6. The second-order valence-electron chi connectivity index (χ2n) is 5.97. The highest BCUT2D eigenvalue weighted by Gasteiger charge is 2.16. The highest BCUT2D eigenvalue weighted by Crippen LogP contribution is 2.20. The van der Waals surface area contributed by atoms with Crippen molar-refractivity contribution >= 4 is 27.8 Å². The second kappa shape index (κ2) is 9.03. The minimum atomic E-state index is -3.86. The van der Waals surface area contributed by atoms with Gasteiger partial charge in [-0.25, -0.2) is 13.8 Å². The predicted molar refractivity (Wildman–Crippen MR) is 112 cm³/mol. The van der Waals surface area contributed by atoms with Crippen LogP contribution in [0.1, 0.15) is 15.9 Å². The zero-order chi connectivity index (χ0) is 20.7. The molecule has 0 aromatic heterocycles. The van der Waals surface area contributed by atoms with Crippen LogP contribution in [0.25, 0.3) is 0 Å². The average Bonchev–Trinajstić information content (AvgIpc) is 2.75. The van der Waals surface area contributed by atoms with Gasteiger partial charge in [-0.15, -0.1) is 0 Å². The van der Waals surface area contributed by atoms with E-state index in [1.54, 1.807) is 24.3 Å². The van der Waals surface area contributed by atoms with Crippen molar-refractivity contribution < 1.29 is 17.9 Å². The SMILES string of the molecule is COc1ccc(NS(=O)(=O)c2cccc(C(=O)N/N=C/c3ccccc3)c2)cc1. The summed E-state index contributed by atoms with van der Waals surface area (Å²) in [5.74, 6) is 0.0985. The maximum absolute atomic E-state index is 12.6. The third-order valence-electron chi connectivity index (χ3n) is 3.93. The van der Waals surface area contributed by atoms with E-state index in [1.807, 2.05) is 30.3 Å². The fourth-order valence-electron chi connectivity index (χ4n) is 2.45. The van der Waals surface area contributed by atoms with E-state index >= 15 is 0 Å². The molecular weight excluding hydrogens is 390 g/mol. The largest absolute Gasteiger partial charge is 0.497 e. The summed E-state index contributed by atoms with van der Waals surface area (Å²) in [6.07, 6.45) is 1.50. The van der Waals surface area contributed by atoms with Crippen LogP contribution in [0.2, 0.25) is 0 Å². The number of anilines is 1. The lowest BCUT2D eigenvalue weighted by Gasteiger charge is -2.09. The average molecular weight is 409 g/mol. The number of hydrazone groups is 1. The van der Waals surface area contributed by atoms with E-state index < -0.39 is 15.9 Å². The van der Waals surface area contributed by atoms with Gasteiger partial charge < -0.3 is 4.74 Å². The number of nitrogens with zero attached hydrogens (tertiary/aromatic N) is 1. The van der Waals surface area contributed by atoms with E-state index in [0.29, 0.717) is 11.4 Å². The molecule has 3 aromatic rings. The summed E-state index contributed by atoms with van der Waals surface area (Å²) in [5.41, 5.74) is 3.77. The Morgan fingerprint density at radius 1 is 0.966 bits per heavy atom. The van der Waals surface area contributed by atoms with Gasteiger partial charge in [0.05, 0.1) is 18.2 Å². The monoisotopic (exact) mass is 409 g/mol. The van der Waals surface area contributed by atoms with E-state index in [-0.39, 0.29) is 10.5 Å². The Kier molecular flexibility index (Phi) is 6.25. The van der Waals surface area contributed by atoms with Gasteiger partial charge in [0.15, 0.2) is 0 Å². The summed E-state index contributed by atoms with van der Waals surface area (Å²) in [6.45, 7) is 0. The summed E-state index contributed by atoms with van der Waals surface area (Å²) < 4.78 is 32.8. The highest BCUT2D eigenvalue weighted by molar-refractivity contribution is 7.92. The number of rotatable bonds is 7. The van der Waals surface area contributed by atoms with Crippen LogP contribution < -0.4 is 14.9 Å². The molecule has 0 aliphatic rings.